The van der Waals surface area contributed by atoms with Crippen molar-refractivity contribution in [1.82, 2.24) is 15.0 Å². The number of fused-ring (bicyclic) bond motifs is 1. The number of aryl methyl sites for hydroxylation is 1. The third kappa shape index (κ3) is 2.56. The Labute approximate surface area is 140 Å². The van der Waals surface area contributed by atoms with Crippen LogP contribution in [-0.4, -0.2) is 34.1 Å². The fraction of sp³-hybridized carbons (Fsp3) is 0.500. The Kier molecular flexibility index (Phi) is 3.96. The summed E-state index contributed by atoms with van der Waals surface area (Å²) in [4.78, 5) is 19.6. The number of hydrogen-bond donors (Lipinski definition) is 0. The molecule has 1 amide bonds. The summed E-state index contributed by atoms with van der Waals surface area (Å²) < 4.78 is 10.9. The van der Waals surface area contributed by atoms with Crippen LogP contribution in [0.2, 0.25) is 0 Å². The molecule has 1 saturated heterocycles. The minimum absolute atomic E-state index is 0.0726. The molecule has 0 radical (unpaired) electrons. The summed E-state index contributed by atoms with van der Waals surface area (Å²) in [5, 5.41) is 4.09. The van der Waals surface area contributed by atoms with Crippen molar-refractivity contribution in [2.24, 2.45) is 0 Å². The maximum atomic E-state index is 13.2. The fourth-order valence-electron chi connectivity index (χ4n) is 3.64. The highest BCUT2D eigenvalue weighted by Crippen LogP contribution is 2.38. The van der Waals surface area contributed by atoms with E-state index in [4.69, 9.17) is 9.26 Å². The third-order valence-corrected chi connectivity index (χ3v) is 4.88. The summed E-state index contributed by atoms with van der Waals surface area (Å²) in [5.41, 5.74) is 0.988. The van der Waals surface area contributed by atoms with E-state index in [1.54, 1.807) is 0 Å². The first-order valence-corrected chi connectivity index (χ1v) is 8.62. The zero-order valence-electron chi connectivity index (χ0n) is 13.8. The first kappa shape index (κ1) is 15.2. The highest BCUT2D eigenvalue weighted by molar-refractivity contribution is 5.85. The van der Waals surface area contributed by atoms with Crippen molar-refractivity contribution in [3.8, 4) is 5.75 Å². The maximum Gasteiger partial charge on any atom is 0.231 e. The van der Waals surface area contributed by atoms with Gasteiger partial charge in [0.1, 0.15) is 5.75 Å². The van der Waals surface area contributed by atoms with E-state index in [2.05, 4.69) is 10.1 Å². The second-order valence-electron chi connectivity index (χ2n) is 6.32. The van der Waals surface area contributed by atoms with Gasteiger partial charge in [-0.15, -0.1) is 0 Å². The number of para-hydroxylation sites is 1. The van der Waals surface area contributed by atoms with Gasteiger partial charge >= 0.3 is 0 Å². The number of amides is 1. The molecule has 3 heterocycles. The molecule has 1 fully saturated rings. The quantitative estimate of drug-likeness (QED) is 0.867. The average Bonchev–Trinajstić information content (AvgIpc) is 3.29. The molecule has 2 aliphatic heterocycles. The Bertz CT molecular complexity index is 743. The van der Waals surface area contributed by atoms with E-state index in [9.17, 15) is 4.79 Å². The molecule has 2 aliphatic rings. The number of nitrogens with zero attached hydrogens (tertiary/aromatic N) is 3. The molecular weight excluding hydrogens is 306 g/mol. The SMILES string of the molecule is CCc1nc([C@@H]2CCCN2C(=O)[C@H]2CCOc3ccccc32)no1. The van der Waals surface area contributed by atoms with Gasteiger partial charge in [-0.1, -0.05) is 30.3 Å². The van der Waals surface area contributed by atoms with Gasteiger partial charge in [-0.3, -0.25) is 4.79 Å². The Balaban J connectivity index is 1.60. The van der Waals surface area contributed by atoms with Crippen molar-refractivity contribution in [3.05, 3.63) is 41.5 Å². The minimum atomic E-state index is -0.145. The molecule has 2 aromatic rings. The van der Waals surface area contributed by atoms with Crippen molar-refractivity contribution in [3.63, 3.8) is 0 Å². The molecule has 0 aliphatic carbocycles. The molecule has 4 rings (SSSR count). The number of carbonyl (C=O) groups is 1. The van der Waals surface area contributed by atoms with Gasteiger partial charge in [0, 0.05) is 18.5 Å². The molecule has 0 N–H and O–H groups in total. The average molecular weight is 327 g/mol. The van der Waals surface area contributed by atoms with Crippen LogP contribution in [0.15, 0.2) is 28.8 Å². The van der Waals surface area contributed by atoms with Gasteiger partial charge < -0.3 is 14.2 Å². The van der Waals surface area contributed by atoms with Crippen LogP contribution < -0.4 is 4.74 Å². The van der Waals surface area contributed by atoms with E-state index < -0.39 is 0 Å². The van der Waals surface area contributed by atoms with Crippen molar-refractivity contribution >= 4 is 5.91 Å². The Morgan fingerprint density at radius 3 is 3.04 bits per heavy atom. The van der Waals surface area contributed by atoms with Crippen LogP contribution in [0, 0.1) is 0 Å². The van der Waals surface area contributed by atoms with Crippen molar-refractivity contribution < 1.29 is 14.1 Å². The van der Waals surface area contributed by atoms with E-state index >= 15 is 0 Å². The van der Waals surface area contributed by atoms with E-state index in [1.807, 2.05) is 36.1 Å². The number of rotatable bonds is 3. The van der Waals surface area contributed by atoms with Gasteiger partial charge in [0.05, 0.1) is 18.6 Å². The van der Waals surface area contributed by atoms with Gasteiger partial charge in [0.15, 0.2) is 5.82 Å². The molecule has 0 unspecified atom stereocenters. The summed E-state index contributed by atoms with van der Waals surface area (Å²) in [6.07, 6.45) is 3.28. The van der Waals surface area contributed by atoms with Crippen molar-refractivity contribution in [2.75, 3.05) is 13.2 Å². The predicted molar refractivity (Wildman–Crippen MR) is 86.7 cm³/mol. The first-order chi connectivity index (χ1) is 11.8. The van der Waals surface area contributed by atoms with Crippen LogP contribution in [0.5, 0.6) is 5.75 Å². The van der Waals surface area contributed by atoms with Crippen LogP contribution >= 0.6 is 0 Å². The van der Waals surface area contributed by atoms with Gasteiger partial charge in [0.25, 0.3) is 0 Å². The second kappa shape index (κ2) is 6.26. The van der Waals surface area contributed by atoms with Crippen LogP contribution in [0.1, 0.15) is 55.4 Å². The zero-order chi connectivity index (χ0) is 16.5. The molecule has 6 heteroatoms. The largest absolute Gasteiger partial charge is 0.493 e. The van der Waals surface area contributed by atoms with Crippen molar-refractivity contribution in [1.29, 1.82) is 0 Å². The number of aromatic nitrogens is 2. The highest BCUT2D eigenvalue weighted by atomic mass is 16.5. The first-order valence-electron chi connectivity index (χ1n) is 8.62. The lowest BCUT2D eigenvalue weighted by Crippen LogP contribution is -2.37. The molecule has 1 aromatic heterocycles. The van der Waals surface area contributed by atoms with Gasteiger partial charge in [0.2, 0.25) is 11.8 Å². The van der Waals surface area contributed by atoms with Gasteiger partial charge in [-0.2, -0.15) is 4.98 Å². The van der Waals surface area contributed by atoms with Crippen molar-refractivity contribution in [2.45, 2.75) is 44.6 Å². The number of likely N-dealkylation sites (tertiary alicyclic amines) is 1. The van der Waals surface area contributed by atoms with Crippen LogP contribution in [0.25, 0.3) is 0 Å². The Morgan fingerprint density at radius 1 is 1.33 bits per heavy atom. The number of ether oxygens (including phenoxy) is 1. The molecule has 1 aromatic carbocycles. The summed E-state index contributed by atoms with van der Waals surface area (Å²) in [6.45, 7) is 3.31. The monoisotopic (exact) mass is 327 g/mol. The molecule has 0 spiro atoms. The van der Waals surface area contributed by atoms with E-state index in [-0.39, 0.29) is 17.9 Å². The third-order valence-electron chi connectivity index (χ3n) is 4.88. The Morgan fingerprint density at radius 2 is 2.21 bits per heavy atom. The lowest BCUT2D eigenvalue weighted by Gasteiger charge is -2.30. The van der Waals surface area contributed by atoms with Crippen LogP contribution in [-0.2, 0) is 11.2 Å². The molecule has 6 nitrogen and oxygen atoms in total. The minimum Gasteiger partial charge on any atom is -0.493 e. The molecular formula is C18H21N3O3. The van der Waals surface area contributed by atoms with E-state index in [1.165, 1.54) is 0 Å². The lowest BCUT2D eigenvalue weighted by molar-refractivity contribution is -0.134. The summed E-state index contributed by atoms with van der Waals surface area (Å²) in [5.74, 6) is 2.09. The lowest BCUT2D eigenvalue weighted by atomic mass is 9.91. The second-order valence-corrected chi connectivity index (χ2v) is 6.32. The molecule has 0 bridgehead atoms. The number of hydrogen-bond acceptors (Lipinski definition) is 5. The molecule has 0 saturated carbocycles. The fourth-order valence-corrected chi connectivity index (χ4v) is 3.64. The topological polar surface area (TPSA) is 68.5 Å². The highest BCUT2D eigenvalue weighted by Gasteiger charge is 2.38. The smallest absolute Gasteiger partial charge is 0.231 e. The molecule has 24 heavy (non-hydrogen) atoms. The summed E-state index contributed by atoms with van der Waals surface area (Å²) >= 11 is 0. The number of carbonyl (C=O) groups excluding carboxylic acids is 1. The zero-order valence-corrected chi connectivity index (χ0v) is 13.8. The summed E-state index contributed by atoms with van der Waals surface area (Å²) in [6, 6.07) is 7.75. The van der Waals surface area contributed by atoms with Gasteiger partial charge in [-0.05, 0) is 25.3 Å². The molecule has 126 valence electrons. The molecule has 2 atom stereocenters. The summed E-state index contributed by atoms with van der Waals surface area (Å²) in [7, 11) is 0. The Hall–Kier alpha value is -2.37. The van der Waals surface area contributed by atoms with Crippen LogP contribution in [0.4, 0.5) is 0 Å². The normalized spacial score (nSPS) is 23.0. The standard InChI is InChI=1S/C18H21N3O3/c1-2-16-19-17(20-24-16)14-7-5-10-21(14)18(22)13-9-11-23-15-8-4-3-6-12(13)15/h3-4,6,8,13-14H,2,5,7,9-11H2,1H3/t13-,14-/m0/s1. The maximum absolute atomic E-state index is 13.2. The van der Waals surface area contributed by atoms with E-state index in [0.717, 1.165) is 30.7 Å². The van der Waals surface area contributed by atoms with E-state index in [0.29, 0.717) is 31.2 Å². The van der Waals surface area contributed by atoms with Gasteiger partial charge in [-0.25, -0.2) is 0 Å². The number of benzene rings is 1. The van der Waals surface area contributed by atoms with Crippen LogP contribution in [0.3, 0.4) is 0 Å². The predicted octanol–water partition coefficient (Wildman–Crippen LogP) is 2.86.